The Kier molecular flexibility index (Phi) is 4.21. The quantitative estimate of drug-likeness (QED) is 0.686. The van der Waals surface area contributed by atoms with Gasteiger partial charge in [-0.25, -0.2) is 9.78 Å². The lowest BCUT2D eigenvalue weighted by Crippen LogP contribution is -2.03. The highest BCUT2D eigenvalue weighted by Crippen LogP contribution is 2.33. The lowest BCUT2D eigenvalue weighted by atomic mass is 10.3. The largest absolute Gasteiger partial charge is 0.477 e. The van der Waals surface area contributed by atoms with Gasteiger partial charge in [0, 0.05) is 16.0 Å². The predicted octanol–water partition coefficient (Wildman–Crippen LogP) is 3.49. The molecule has 2 aromatic rings. The van der Waals surface area contributed by atoms with Crippen molar-refractivity contribution < 1.29 is 14.8 Å². The molecule has 6 nitrogen and oxygen atoms in total. The van der Waals surface area contributed by atoms with E-state index in [1.165, 1.54) is 0 Å². The highest BCUT2D eigenvalue weighted by atomic mass is 35.5. The number of pyridine rings is 1. The van der Waals surface area contributed by atoms with Gasteiger partial charge in [-0.3, -0.25) is 10.1 Å². The highest BCUT2D eigenvalue weighted by Gasteiger charge is 2.19. The van der Waals surface area contributed by atoms with Crippen molar-refractivity contribution in [1.29, 1.82) is 0 Å². The van der Waals surface area contributed by atoms with Crippen molar-refractivity contribution in [3.05, 3.63) is 57.2 Å². The Morgan fingerprint density at radius 1 is 1.25 bits per heavy atom. The Labute approximate surface area is 122 Å². The van der Waals surface area contributed by atoms with Crippen LogP contribution in [-0.4, -0.2) is 21.0 Å². The summed E-state index contributed by atoms with van der Waals surface area (Å²) in [5.74, 6) is -1.24. The van der Waals surface area contributed by atoms with Crippen LogP contribution in [0, 0.1) is 10.1 Å². The van der Waals surface area contributed by atoms with Gasteiger partial charge in [0.05, 0.1) is 4.92 Å². The van der Waals surface area contributed by atoms with E-state index in [2.05, 4.69) is 4.98 Å². The molecule has 0 fully saturated rings. The fraction of sp³-hybridized carbons (Fsp3) is 0. The maximum atomic E-state index is 10.9. The Hall–Kier alpha value is -2.12. The number of nitrogens with zero attached hydrogens (tertiary/aromatic N) is 2. The number of carboxylic acids is 1. The zero-order chi connectivity index (χ0) is 14.7. The van der Waals surface area contributed by atoms with E-state index in [0.717, 1.165) is 23.9 Å². The molecule has 0 atom stereocenters. The summed E-state index contributed by atoms with van der Waals surface area (Å²) in [5.41, 5.74) is -0.484. The molecule has 0 aliphatic heterocycles. The molecule has 0 amide bonds. The molecule has 20 heavy (non-hydrogen) atoms. The van der Waals surface area contributed by atoms with E-state index in [9.17, 15) is 14.9 Å². The van der Waals surface area contributed by atoms with Gasteiger partial charge < -0.3 is 5.11 Å². The third-order valence-corrected chi connectivity index (χ3v) is 3.54. The van der Waals surface area contributed by atoms with Crippen molar-refractivity contribution in [1.82, 2.24) is 4.98 Å². The van der Waals surface area contributed by atoms with Crippen LogP contribution in [0.3, 0.4) is 0 Å². The zero-order valence-corrected chi connectivity index (χ0v) is 11.4. The van der Waals surface area contributed by atoms with Crippen molar-refractivity contribution in [3.8, 4) is 0 Å². The molecule has 1 aromatic heterocycles. The summed E-state index contributed by atoms with van der Waals surface area (Å²) in [5, 5.41) is 20.4. The maximum absolute atomic E-state index is 10.9. The van der Waals surface area contributed by atoms with Crippen molar-refractivity contribution in [2.45, 2.75) is 9.92 Å². The Morgan fingerprint density at radius 3 is 2.45 bits per heavy atom. The monoisotopic (exact) mass is 310 g/mol. The van der Waals surface area contributed by atoms with Crippen LogP contribution in [0.2, 0.25) is 5.02 Å². The number of halogens is 1. The molecule has 102 valence electrons. The van der Waals surface area contributed by atoms with Crippen LogP contribution < -0.4 is 0 Å². The van der Waals surface area contributed by atoms with Gasteiger partial charge in [-0.1, -0.05) is 23.4 Å². The minimum Gasteiger partial charge on any atom is -0.477 e. The molecule has 0 unspecified atom stereocenters. The third-order valence-electron chi connectivity index (χ3n) is 2.28. The average molecular weight is 311 g/mol. The van der Waals surface area contributed by atoms with E-state index in [1.54, 1.807) is 24.3 Å². The van der Waals surface area contributed by atoms with Crippen LogP contribution in [-0.2, 0) is 0 Å². The minimum atomic E-state index is -1.24. The molecule has 0 aliphatic carbocycles. The van der Waals surface area contributed by atoms with Gasteiger partial charge in [-0.15, -0.1) is 0 Å². The molecule has 1 heterocycles. The van der Waals surface area contributed by atoms with Crippen molar-refractivity contribution in [2.24, 2.45) is 0 Å². The first-order chi connectivity index (χ1) is 9.47. The fourth-order valence-electron chi connectivity index (χ4n) is 1.38. The molecule has 2 rings (SSSR count). The SMILES string of the molecule is O=C(O)c1ccc([N+](=O)[O-])c(Sc2ccc(Cl)cc2)n1. The molecule has 0 radical (unpaired) electrons. The maximum Gasteiger partial charge on any atom is 0.354 e. The molecular weight excluding hydrogens is 304 g/mol. The molecule has 1 aromatic carbocycles. The van der Waals surface area contributed by atoms with Crippen LogP contribution in [0.15, 0.2) is 46.3 Å². The summed E-state index contributed by atoms with van der Waals surface area (Å²) in [7, 11) is 0. The van der Waals surface area contributed by atoms with Gasteiger partial charge in [0.2, 0.25) is 0 Å². The van der Waals surface area contributed by atoms with Gasteiger partial charge >= 0.3 is 11.7 Å². The summed E-state index contributed by atoms with van der Waals surface area (Å²) in [6.45, 7) is 0. The van der Waals surface area contributed by atoms with E-state index in [0.29, 0.717) is 9.92 Å². The summed E-state index contributed by atoms with van der Waals surface area (Å²) in [4.78, 5) is 25.7. The first-order valence-corrected chi connectivity index (χ1v) is 6.49. The molecule has 0 saturated carbocycles. The average Bonchev–Trinajstić information content (AvgIpc) is 2.41. The number of aromatic nitrogens is 1. The first-order valence-electron chi connectivity index (χ1n) is 5.29. The number of carbonyl (C=O) groups is 1. The summed E-state index contributed by atoms with van der Waals surface area (Å²) < 4.78 is 0. The normalized spacial score (nSPS) is 10.2. The number of nitro groups is 1. The van der Waals surface area contributed by atoms with E-state index < -0.39 is 10.9 Å². The smallest absolute Gasteiger partial charge is 0.354 e. The van der Waals surface area contributed by atoms with Gasteiger partial charge in [0.15, 0.2) is 5.03 Å². The molecule has 1 N–H and O–H groups in total. The van der Waals surface area contributed by atoms with Crippen LogP contribution in [0.5, 0.6) is 0 Å². The second kappa shape index (κ2) is 5.89. The number of aromatic carboxylic acids is 1. The number of benzene rings is 1. The number of carboxylic acid groups (broad SMARTS) is 1. The van der Waals surface area contributed by atoms with Crippen molar-refractivity contribution in [3.63, 3.8) is 0 Å². The number of hydrogen-bond donors (Lipinski definition) is 1. The third kappa shape index (κ3) is 3.25. The molecular formula is C12H7ClN2O4S. The van der Waals surface area contributed by atoms with E-state index in [-0.39, 0.29) is 16.4 Å². The molecule has 0 saturated heterocycles. The molecule has 8 heteroatoms. The summed E-state index contributed by atoms with van der Waals surface area (Å²) in [6.07, 6.45) is 0. The number of rotatable bonds is 4. The summed E-state index contributed by atoms with van der Waals surface area (Å²) in [6, 6.07) is 8.85. The van der Waals surface area contributed by atoms with Gasteiger partial charge in [0.1, 0.15) is 5.69 Å². The lowest BCUT2D eigenvalue weighted by Gasteiger charge is -2.03. The Balaban J connectivity index is 2.41. The van der Waals surface area contributed by atoms with E-state index in [4.69, 9.17) is 16.7 Å². The zero-order valence-electron chi connectivity index (χ0n) is 9.82. The minimum absolute atomic E-state index is 0.0252. The van der Waals surface area contributed by atoms with Crippen LogP contribution >= 0.6 is 23.4 Å². The fourth-order valence-corrected chi connectivity index (χ4v) is 2.39. The van der Waals surface area contributed by atoms with Gasteiger partial charge in [-0.2, -0.15) is 0 Å². The predicted molar refractivity (Wildman–Crippen MR) is 73.4 cm³/mol. The van der Waals surface area contributed by atoms with Crippen molar-refractivity contribution >= 4 is 35.0 Å². The van der Waals surface area contributed by atoms with Crippen LogP contribution in [0.1, 0.15) is 10.5 Å². The van der Waals surface area contributed by atoms with Crippen LogP contribution in [0.25, 0.3) is 0 Å². The second-order valence-electron chi connectivity index (χ2n) is 3.64. The summed E-state index contributed by atoms with van der Waals surface area (Å²) >= 11 is 6.76. The Morgan fingerprint density at radius 2 is 1.90 bits per heavy atom. The molecule has 0 aliphatic rings. The second-order valence-corrected chi connectivity index (χ2v) is 5.14. The van der Waals surface area contributed by atoms with Crippen LogP contribution in [0.4, 0.5) is 5.69 Å². The Bertz CT molecular complexity index is 676. The first kappa shape index (κ1) is 14.3. The number of hydrogen-bond acceptors (Lipinski definition) is 5. The topological polar surface area (TPSA) is 93.3 Å². The molecule has 0 bridgehead atoms. The molecule has 0 spiro atoms. The van der Waals surface area contributed by atoms with E-state index >= 15 is 0 Å². The highest BCUT2D eigenvalue weighted by molar-refractivity contribution is 7.99. The van der Waals surface area contributed by atoms with E-state index in [1.807, 2.05) is 0 Å². The standard InChI is InChI=1S/C12H7ClN2O4S/c13-7-1-3-8(4-2-7)20-11-10(15(18)19)6-5-9(14-11)12(16)17/h1-6H,(H,16,17). The van der Waals surface area contributed by atoms with Gasteiger partial charge in [-0.05, 0) is 30.3 Å². The lowest BCUT2D eigenvalue weighted by molar-refractivity contribution is -0.388. The van der Waals surface area contributed by atoms with Crippen molar-refractivity contribution in [2.75, 3.05) is 0 Å². The van der Waals surface area contributed by atoms with Gasteiger partial charge in [0.25, 0.3) is 0 Å².